The SMILES string of the molecule is Fc1c(F)c(F)c([B-](c2c(F)c(F)c(F)c(F)c2F)(c2c(F)c(F)c(F)c(F)c2F)c2c(F)c(F)c(F)c(F)c2F)c(F)c1F.N#CCOC(=O)c1cc[n+](Cc2ccccc2)cc1. The molecular weight excluding hydrogens is 919 g/mol. The molecule has 0 aliphatic rings. The van der Waals surface area contributed by atoms with E-state index in [2.05, 4.69) is 0 Å². The molecule has 0 saturated heterocycles. The number of pyridine rings is 1. The third-order valence-corrected chi connectivity index (χ3v) is 9.31. The van der Waals surface area contributed by atoms with Crippen LogP contribution < -0.4 is 26.4 Å². The van der Waals surface area contributed by atoms with E-state index in [-0.39, 0.29) is 6.61 Å². The average molecular weight is 932 g/mol. The summed E-state index contributed by atoms with van der Waals surface area (Å²) < 4.78 is 301. The number of esters is 1. The number of carbonyl (C=O) groups is 1. The van der Waals surface area contributed by atoms with Crippen LogP contribution in [-0.4, -0.2) is 18.7 Å². The van der Waals surface area contributed by atoms with E-state index in [0.717, 1.165) is 6.54 Å². The topological polar surface area (TPSA) is 54.0 Å². The van der Waals surface area contributed by atoms with Crippen molar-refractivity contribution in [1.29, 1.82) is 5.26 Å². The number of benzene rings is 5. The molecule has 0 aliphatic carbocycles. The van der Waals surface area contributed by atoms with Gasteiger partial charge in [-0.1, -0.05) is 30.3 Å². The number of rotatable bonds is 8. The quantitative estimate of drug-likeness (QED) is 0.0396. The number of carbonyl (C=O) groups excluding carboxylic acids is 1. The fraction of sp³-hybridized carbons (Fsp3) is 0.0513. The predicted molar refractivity (Wildman–Crippen MR) is 177 cm³/mol. The van der Waals surface area contributed by atoms with E-state index >= 15 is 35.1 Å². The molecule has 0 N–H and O–H groups in total. The molecule has 6 rings (SSSR count). The Labute approximate surface area is 342 Å². The van der Waals surface area contributed by atoms with Gasteiger partial charge in [0.05, 0.1) is 5.56 Å². The van der Waals surface area contributed by atoms with Gasteiger partial charge in [0.15, 0.2) is 95.4 Å². The molecule has 0 amide bonds. The Bertz CT molecular complexity index is 2510. The van der Waals surface area contributed by atoms with Crippen molar-refractivity contribution in [2.24, 2.45) is 0 Å². The first-order valence-electron chi connectivity index (χ1n) is 16.8. The summed E-state index contributed by atoms with van der Waals surface area (Å²) in [5.41, 5.74) is -12.7. The third-order valence-electron chi connectivity index (χ3n) is 9.31. The number of ether oxygens (including phenoxy) is 1. The lowest BCUT2D eigenvalue weighted by Gasteiger charge is -2.44. The second-order valence-corrected chi connectivity index (χ2v) is 12.8. The van der Waals surface area contributed by atoms with Gasteiger partial charge in [0.25, 0.3) is 0 Å². The lowest BCUT2D eigenvalue weighted by molar-refractivity contribution is -0.688. The molecule has 334 valence electrons. The third kappa shape index (κ3) is 7.80. The smallest absolute Gasteiger partial charge is 0.339 e. The van der Waals surface area contributed by atoms with Crippen molar-refractivity contribution >= 4 is 34.0 Å². The van der Waals surface area contributed by atoms with Gasteiger partial charge in [-0.3, -0.25) is 0 Å². The minimum absolute atomic E-state index is 0.224. The molecule has 0 fully saturated rings. The summed E-state index contributed by atoms with van der Waals surface area (Å²) in [7, 11) is 0. The molecule has 0 unspecified atom stereocenters. The maximum absolute atomic E-state index is 15.4. The Morgan fingerprint density at radius 2 is 0.703 bits per heavy atom. The number of nitriles is 1. The highest BCUT2D eigenvalue weighted by atomic mass is 19.2. The van der Waals surface area contributed by atoms with Gasteiger partial charge in [-0.15, -0.1) is 21.9 Å². The summed E-state index contributed by atoms with van der Waals surface area (Å²) in [5, 5.41) is 8.34. The molecule has 64 heavy (non-hydrogen) atoms. The van der Waals surface area contributed by atoms with Crippen LogP contribution in [0.15, 0.2) is 54.9 Å². The lowest BCUT2D eigenvalue weighted by atomic mass is 9.12. The highest BCUT2D eigenvalue weighted by Crippen LogP contribution is 2.30. The average Bonchev–Trinajstić information content (AvgIpc) is 3.28. The van der Waals surface area contributed by atoms with E-state index in [1.54, 1.807) is 18.2 Å². The molecule has 25 heteroatoms. The minimum atomic E-state index is -7.22. The van der Waals surface area contributed by atoms with E-state index in [1.807, 2.05) is 47.3 Å². The van der Waals surface area contributed by atoms with Gasteiger partial charge in [0.2, 0.25) is 0 Å². The molecule has 5 aromatic carbocycles. The molecule has 0 atom stereocenters. The van der Waals surface area contributed by atoms with E-state index in [9.17, 15) is 57.5 Å². The number of hydrogen-bond donors (Lipinski definition) is 0. The molecule has 0 spiro atoms. The van der Waals surface area contributed by atoms with Crippen LogP contribution in [0.25, 0.3) is 0 Å². The van der Waals surface area contributed by atoms with Gasteiger partial charge >= 0.3 is 5.97 Å². The minimum Gasteiger partial charge on any atom is -0.447 e. The van der Waals surface area contributed by atoms with Crippen LogP contribution in [0.3, 0.4) is 0 Å². The zero-order chi connectivity index (χ0) is 47.9. The van der Waals surface area contributed by atoms with E-state index in [4.69, 9.17) is 10.00 Å². The monoisotopic (exact) mass is 932 g/mol. The van der Waals surface area contributed by atoms with Gasteiger partial charge < -0.3 is 4.74 Å². The van der Waals surface area contributed by atoms with Gasteiger partial charge in [-0.25, -0.2) is 97.2 Å². The summed E-state index contributed by atoms with van der Waals surface area (Å²) >= 11 is 0. The Morgan fingerprint density at radius 3 is 0.969 bits per heavy atom. The zero-order valence-corrected chi connectivity index (χ0v) is 30.5. The van der Waals surface area contributed by atoms with Crippen molar-refractivity contribution in [3.63, 3.8) is 0 Å². The molecule has 1 heterocycles. The normalized spacial score (nSPS) is 11.3. The van der Waals surface area contributed by atoms with Crippen molar-refractivity contribution in [3.05, 3.63) is 182 Å². The number of nitrogens with zero attached hydrogens (tertiary/aromatic N) is 2. The van der Waals surface area contributed by atoms with E-state index < -0.39 is 150 Å². The molecule has 0 bridgehead atoms. The predicted octanol–water partition coefficient (Wildman–Crippen LogP) is 7.55. The number of aromatic nitrogens is 1. The Morgan fingerprint density at radius 1 is 0.438 bits per heavy atom. The Hall–Kier alpha value is -7.13. The summed E-state index contributed by atoms with van der Waals surface area (Å²) in [4.78, 5) is 11.5. The Kier molecular flexibility index (Phi) is 13.7. The first kappa shape index (κ1) is 47.9. The van der Waals surface area contributed by atoms with Crippen LogP contribution >= 0.6 is 0 Å². The van der Waals surface area contributed by atoms with Crippen LogP contribution in [-0.2, 0) is 11.3 Å². The molecule has 0 aliphatic heterocycles. The van der Waals surface area contributed by atoms with E-state index in [1.165, 1.54) is 5.56 Å². The molecule has 1 aromatic heterocycles. The van der Waals surface area contributed by atoms with Gasteiger partial charge in [-0.2, -0.15) is 5.26 Å². The van der Waals surface area contributed by atoms with Crippen molar-refractivity contribution < 1.29 is 102 Å². The Balaban J connectivity index is 0.000000337. The summed E-state index contributed by atoms with van der Waals surface area (Å²) in [6.07, 6.45) is -3.59. The summed E-state index contributed by atoms with van der Waals surface area (Å²) in [6, 6.07) is 15.2. The maximum atomic E-state index is 15.4. The zero-order valence-electron chi connectivity index (χ0n) is 30.5. The summed E-state index contributed by atoms with van der Waals surface area (Å²) in [6.45, 7) is 0.520. The molecule has 0 radical (unpaired) electrons. The van der Waals surface area contributed by atoms with Crippen LogP contribution in [0, 0.1) is 128 Å². The maximum Gasteiger partial charge on any atom is 0.339 e. The van der Waals surface area contributed by atoms with Crippen molar-refractivity contribution in [3.8, 4) is 6.07 Å². The van der Waals surface area contributed by atoms with Crippen LogP contribution in [0.4, 0.5) is 87.8 Å². The second-order valence-electron chi connectivity index (χ2n) is 12.8. The standard InChI is InChI=1S/C24BF20.C15H13N2O2/c26-5-1(6(27)14(35)21(42)13(5)34)25(2-7(28)15(36)22(43)16(37)8(2)29,3-9(30)17(38)23(44)18(39)10(3)31)4-11(32)19(40)24(45)20(41)12(4)33;16-8-11-19-15(18)14-6-9-17(10-7-14)12-13-4-2-1-3-5-13/h;1-7,9-10H,11-12H2/q-1;+1. The lowest BCUT2D eigenvalue weighted by Crippen LogP contribution is -2.81. The van der Waals surface area contributed by atoms with Crippen LogP contribution in [0.1, 0.15) is 15.9 Å². The van der Waals surface area contributed by atoms with Gasteiger partial charge in [-0.05, 0) is 0 Å². The van der Waals surface area contributed by atoms with Crippen LogP contribution in [0.5, 0.6) is 0 Å². The fourth-order valence-electron chi connectivity index (χ4n) is 6.55. The molecule has 6 aromatic rings. The van der Waals surface area contributed by atoms with Gasteiger partial charge in [0, 0.05) is 17.7 Å². The number of hydrogen-bond acceptors (Lipinski definition) is 3. The van der Waals surface area contributed by atoms with Crippen LogP contribution in [0.2, 0.25) is 0 Å². The van der Waals surface area contributed by atoms with Crippen molar-refractivity contribution in [1.82, 2.24) is 0 Å². The first-order valence-corrected chi connectivity index (χ1v) is 16.8. The van der Waals surface area contributed by atoms with Crippen molar-refractivity contribution in [2.45, 2.75) is 6.54 Å². The van der Waals surface area contributed by atoms with Crippen molar-refractivity contribution in [2.75, 3.05) is 6.61 Å². The largest absolute Gasteiger partial charge is 0.447 e. The highest BCUT2D eigenvalue weighted by molar-refractivity contribution is 7.20. The first-order chi connectivity index (χ1) is 30.0. The highest BCUT2D eigenvalue weighted by Gasteiger charge is 2.52. The fourth-order valence-corrected chi connectivity index (χ4v) is 6.55. The van der Waals surface area contributed by atoms with Gasteiger partial charge in [0.1, 0.15) is 58.8 Å². The van der Waals surface area contributed by atoms with E-state index in [0.29, 0.717) is 5.56 Å². The molecule has 0 saturated carbocycles. The molecule has 4 nitrogen and oxygen atoms in total. The number of halogens is 20. The summed E-state index contributed by atoms with van der Waals surface area (Å²) in [5.74, 6) is -71.9. The molecular formula is C39H13BF20N2O2. The second kappa shape index (κ2) is 18.3.